The molecule has 7 heteroatoms. The minimum Gasteiger partial charge on any atom is -0.339 e. The van der Waals surface area contributed by atoms with Crippen LogP contribution in [0.4, 0.5) is 0 Å². The number of piperidine rings is 1. The van der Waals surface area contributed by atoms with Crippen molar-refractivity contribution in [3.8, 4) is 0 Å². The van der Waals surface area contributed by atoms with E-state index in [1.165, 1.54) is 25.7 Å². The fourth-order valence-electron chi connectivity index (χ4n) is 4.22. The molecule has 3 heterocycles. The predicted octanol–water partition coefficient (Wildman–Crippen LogP) is 2.84. The lowest BCUT2D eigenvalue weighted by Crippen LogP contribution is -2.39. The molecule has 0 unspecified atom stereocenters. The summed E-state index contributed by atoms with van der Waals surface area (Å²) in [6.07, 6.45) is 13.4. The number of rotatable bonds is 5. The molecule has 27 heavy (non-hydrogen) atoms. The van der Waals surface area contributed by atoms with E-state index in [-0.39, 0.29) is 5.91 Å². The quantitative estimate of drug-likeness (QED) is 0.811. The summed E-state index contributed by atoms with van der Waals surface area (Å²) in [5.74, 6) is 1.97. The molecular weight excluding hydrogens is 340 g/mol. The van der Waals surface area contributed by atoms with Crippen molar-refractivity contribution in [3.05, 3.63) is 35.7 Å². The van der Waals surface area contributed by atoms with Gasteiger partial charge in [-0.25, -0.2) is 9.97 Å². The molecule has 144 valence electrons. The molecule has 0 radical (unpaired) electrons. The highest BCUT2D eigenvalue weighted by Gasteiger charge is 2.25. The topological polar surface area (TPSA) is 76.8 Å². The summed E-state index contributed by atoms with van der Waals surface area (Å²) in [5, 5.41) is 8.74. The summed E-state index contributed by atoms with van der Waals surface area (Å²) in [4.78, 5) is 23.0. The molecule has 1 saturated heterocycles. The zero-order chi connectivity index (χ0) is 18.6. The Bertz CT molecular complexity index is 757. The lowest BCUT2D eigenvalue weighted by Gasteiger charge is -2.31. The maximum absolute atomic E-state index is 12.6. The molecule has 0 atom stereocenters. The van der Waals surface area contributed by atoms with Crippen molar-refractivity contribution in [1.29, 1.82) is 0 Å². The lowest BCUT2D eigenvalue weighted by atomic mass is 9.96. The van der Waals surface area contributed by atoms with Crippen molar-refractivity contribution in [2.24, 2.45) is 5.92 Å². The molecule has 1 amide bonds. The van der Waals surface area contributed by atoms with Crippen molar-refractivity contribution >= 4 is 5.91 Å². The number of likely N-dealkylation sites (tertiary alicyclic amines) is 1. The molecule has 2 aromatic heterocycles. The molecule has 0 bridgehead atoms. The van der Waals surface area contributed by atoms with Gasteiger partial charge in [-0.1, -0.05) is 25.0 Å². The predicted molar refractivity (Wildman–Crippen MR) is 101 cm³/mol. The van der Waals surface area contributed by atoms with Crippen LogP contribution in [0.1, 0.15) is 73.2 Å². The number of carbonyl (C=O) groups excluding carboxylic acids is 1. The van der Waals surface area contributed by atoms with Gasteiger partial charge in [-0.05, 0) is 31.6 Å². The van der Waals surface area contributed by atoms with E-state index in [0.29, 0.717) is 17.4 Å². The number of amides is 1. The molecule has 1 aliphatic carbocycles. The zero-order valence-corrected chi connectivity index (χ0v) is 16.0. The summed E-state index contributed by atoms with van der Waals surface area (Å²) < 4.78 is 2.01. The van der Waals surface area contributed by atoms with E-state index in [1.807, 2.05) is 16.5 Å². The van der Waals surface area contributed by atoms with Gasteiger partial charge in [0.15, 0.2) is 0 Å². The molecule has 0 aromatic carbocycles. The van der Waals surface area contributed by atoms with E-state index in [1.54, 1.807) is 12.4 Å². The Morgan fingerprint density at radius 2 is 1.81 bits per heavy atom. The van der Waals surface area contributed by atoms with Crippen LogP contribution in [-0.2, 0) is 13.0 Å². The van der Waals surface area contributed by atoms with Gasteiger partial charge in [-0.2, -0.15) is 0 Å². The normalized spacial score (nSPS) is 18.9. The average Bonchev–Trinajstić information content (AvgIpc) is 3.40. The molecule has 1 saturated carbocycles. The molecule has 4 rings (SSSR count). The van der Waals surface area contributed by atoms with Gasteiger partial charge >= 0.3 is 0 Å². The number of aromatic nitrogens is 5. The number of nitrogens with zero attached hydrogens (tertiary/aromatic N) is 6. The highest BCUT2D eigenvalue weighted by molar-refractivity contribution is 5.93. The van der Waals surface area contributed by atoms with Gasteiger partial charge in [0.25, 0.3) is 5.91 Å². The number of aryl methyl sites for hydroxylation is 1. The van der Waals surface area contributed by atoms with E-state index in [2.05, 4.69) is 26.5 Å². The SMILES string of the molecule is CCc1ncc(C(=O)N2CCC(Cn3cc(C4CCCC4)nn3)CC2)cn1. The van der Waals surface area contributed by atoms with Gasteiger partial charge in [0.1, 0.15) is 5.82 Å². The van der Waals surface area contributed by atoms with Crippen molar-refractivity contribution in [2.45, 2.75) is 64.3 Å². The van der Waals surface area contributed by atoms with Gasteiger partial charge in [-0.15, -0.1) is 5.10 Å². The second-order valence-corrected chi connectivity index (χ2v) is 7.82. The maximum atomic E-state index is 12.6. The third-order valence-electron chi connectivity index (χ3n) is 5.95. The van der Waals surface area contributed by atoms with Gasteiger partial charge in [0.2, 0.25) is 0 Å². The third kappa shape index (κ3) is 4.17. The average molecular weight is 368 g/mol. The Labute approximate surface area is 160 Å². The molecule has 0 spiro atoms. The van der Waals surface area contributed by atoms with Crippen LogP contribution in [-0.4, -0.2) is 48.9 Å². The fraction of sp³-hybridized carbons (Fsp3) is 0.650. The Hall–Kier alpha value is -2.31. The minimum absolute atomic E-state index is 0.0420. The van der Waals surface area contributed by atoms with Gasteiger partial charge in [0, 0.05) is 50.6 Å². The van der Waals surface area contributed by atoms with E-state index in [4.69, 9.17) is 0 Å². The van der Waals surface area contributed by atoms with E-state index in [9.17, 15) is 4.79 Å². The first-order chi connectivity index (χ1) is 13.2. The van der Waals surface area contributed by atoms with Crippen LogP contribution in [0.5, 0.6) is 0 Å². The first-order valence-corrected chi connectivity index (χ1v) is 10.2. The standard InChI is InChI=1S/C20H28N6O/c1-2-19-21-11-17(12-22-19)20(27)25-9-7-15(8-10-25)13-26-14-18(23-24-26)16-5-3-4-6-16/h11-12,14-16H,2-10,13H2,1H3. The highest BCUT2D eigenvalue weighted by atomic mass is 16.2. The number of hydrogen-bond donors (Lipinski definition) is 0. The minimum atomic E-state index is 0.0420. The maximum Gasteiger partial charge on any atom is 0.256 e. The molecule has 2 aromatic rings. The summed E-state index contributed by atoms with van der Waals surface area (Å²) in [7, 11) is 0. The van der Waals surface area contributed by atoms with Crippen LogP contribution < -0.4 is 0 Å². The molecule has 1 aliphatic heterocycles. The summed E-state index contributed by atoms with van der Waals surface area (Å²) >= 11 is 0. The third-order valence-corrected chi connectivity index (χ3v) is 5.95. The van der Waals surface area contributed by atoms with Crippen LogP contribution in [0.25, 0.3) is 0 Å². The Morgan fingerprint density at radius 3 is 2.48 bits per heavy atom. The molecule has 2 aliphatic rings. The van der Waals surface area contributed by atoms with Crippen LogP contribution in [0.15, 0.2) is 18.6 Å². The van der Waals surface area contributed by atoms with Crippen LogP contribution in [0, 0.1) is 5.92 Å². The van der Waals surface area contributed by atoms with Crippen LogP contribution >= 0.6 is 0 Å². The van der Waals surface area contributed by atoms with Crippen molar-refractivity contribution < 1.29 is 4.79 Å². The van der Waals surface area contributed by atoms with Crippen molar-refractivity contribution in [1.82, 2.24) is 29.9 Å². The Kier molecular flexibility index (Phi) is 5.45. The van der Waals surface area contributed by atoms with Gasteiger partial charge in [0.05, 0.1) is 11.3 Å². The second-order valence-electron chi connectivity index (χ2n) is 7.82. The van der Waals surface area contributed by atoms with E-state index in [0.717, 1.165) is 50.4 Å². The van der Waals surface area contributed by atoms with Crippen LogP contribution in [0.3, 0.4) is 0 Å². The largest absolute Gasteiger partial charge is 0.339 e. The number of carbonyl (C=O) groups is 1. The zero-order valence-electron chi connectivity index (χ0n) is 16.0. The van der Waals surface area contributed by atoms with Gasteiger partial charge in [-0.3, -0.25) is 9.48 Å². The monoisotopic (exact) mass is 368 g/mol. The highest BCUT2D eigenvalue weighted by Crippen LogP contribution is 2.32. The summed E-state index contributed by atoms with van der Waals surface area (Å²) in [5.41, 5.74) is 1.75. The van der Waals surface area contributed by atoms with Gasteiger partial charge < -0.3 is 4.90 Å². The van der Waals surface area contributed by atoms with E-state index >= 15 is 0 Å². The smallest absolute Gasteiger partial charge is 0.256 e. The van der Waals surface area contributed by atoms with Crippen LogP contribution in [0.2, 0.25) is 0 Å². The van der Waals surface area contributed by atoms with Crippen molar-refractivity contribution in [2.75, 3.05) is 13.1 Å². The Balaban J connectivity index is 1.29. The number of hydrogen-bond acceptors (Lipinski definition) is 5. The molecule has 0 N–H and O–H groups in total. The lowest BCUT2D eigenvalue weighted by molar-refractivity contribution is 0.0680. The van der Waals surface area contributed by atoms with Crippen molar-refractivity contribution in [3.63, 3.8) is 0 Å². The molecule has 2 fully saturated rings. The summed E-state index contributed by atoms with van der Waals surface area (Å²) in [6.45, 7) is 4.47. The first-order valence-electron chi connectivity index (χ1n) is 10.2. The molecular formula is C20H28N6O. The Morgan fingerprint density at radius 1 is 1.11 bits per heavy atom. The first kappa shape index (κ1) is 18.1. The summed E-state index contributed by atoms with van der Waals surface area (Å²) in [6, 6.07) is 0. The van der Waals surface area contributed by atoms with E-state index < -0.39 is 0 Å². The molecule has 7 nitrogen and oxygen atoms in total. The fourth-order valence-corrected chi connectivity index (χ4v) is 4.22. The second kappa shape index (κ2) is 8.15.